The fraction of sp³-hybridized carbons (Fsp3) is 0. The van der Waals surface area contributed by atoms with Crippen molar-refractivity contribution in [2.24, 2.45) is 0 Å². The summed E-state index contributed by atoms with van der Waals surface area (Å²) in [7, 11) is 0. The summed E-state index contributed by atoms with van der Waals surface area (Å²) < 4.78 is -3.01. The molecular weight excluding hydrogens is 386 g/mol. The average molecular weight is 401 g/mol. The Morgan fingerprint density at radius 2 is 0.762 bits per heavy atom. The first kappa shape index (κ1) is 14.9. The van der Waals surface area contributed by atoms with E-state index < -0.39 is 4.29 Å². The molecule has 0 heterocycles. The van der Waals surface area contributed by atoms with Crippen LogP contribution >= 0.6 is 15.5 Å². The first-order chi connectivity index (χ1) is 10.1. The van der Waals surface area contributed by atoms with E-state index in [0.717, 1.165) is 15.9 Å². The van der Waals surface area contributed by atoms with Crippen LogP contribution in [0.4, 0.5) is 0 Å². The molecule has 0 radical (unpaired) electrons. The Hall–Kier alpha value is -0.997. The molecule has 3 rings (SSSR count). The van der Waals surface area contributed by atoms with Crippen molar-refractivity contribution in [3.8, 4) is 0 Å². The summed E-state index contributed by atoms with van der Waals surface area (Å²) in [5.74, 6) is 0. The third-order valence-corrected chi connectivity index (χ3v) is 12.7. The molecule has 0 aromatic heterocycles. The van der Waals surface area contributed by atoms with Crippen molar-refractivity contribution in [1.29, 1.82) is 0 Å². The second-order valence-corrected chi connectivity index (χ2v) is 15.8. The predicted octanol–water partition coefficient (Wildman–Crippen LogP) is 4.13. The van der Waals surface area contributed by atoms with E-state index >= 15 is 0 Å². The van der Waals surface area contributed by atoms with Crippen LogP contribution in [0.15, 0.2) is 91.0 Å². The molecule has 21 heavy (non-hydrogen) atoms. The molecule has 0 aliphatic carbocycles. The van der Waals surface area contributed by atoms with Crippen molar-refractivity contribution >= 4 is 31.4 Å². The van der Waals surface area contributed by atoms with Crippen molar-refractivity contribution in [2.75, 3.05) is 0 Å². The van der Waals surface area contributed by atoms with Crippen LogP contribution in [0.25, 0.3) is 0 Å². The summed E-state index contributed by atoms with van der Waals surface area (Å²) >= 11 is 10.7. The molecule has 0 bridgehead atoms. The fourth-order valence-corrected chi connectivity index (χ4v) is 8.65. The molecule has 0 saturated carbocycles. The Kier molecular flexibility index (Phi) is 4.02. The van der Waals surface area contributed by atoms with Crippen LogP contribution in [0.1, 0.15) is 0 Å². The van der Waals surface area contributed by atoms with Gasteiger partial charge in [0.25, 0.3) is 0 Å². The van der Waals surface area contributed by atoms with Gasteiger partial charge in [-0.2, -0.15) is 0 Å². The molecule has 0 aliphatic heterocycles. The molecule has 0 unspecified atom stereocenters. The minimum atomic E-state index is -3.01. The van der Waals surface area contributed by atoms with Gasteiger partial charge in [-0.25, -0.2) is 0 Å². The van der Waals surface area contributed by atoms with Crippen LogP contribution in [-0.4, -0.2) is 0 Å². The van der Waals surface area contributed by atoms with Crippen molar-refractivity contribution in [2.45, 2.75) is 0 Å². The summed E-state index contributed by atoms with van der Waals surface area (Å²) in [6.45, 7) is 0. The maximum atomic E-state index is 7.45. The van der Waals surface area contributed by atoms with Crippen LogP contribution in [0, 0.1) is 0 Å². The van der Waals surface area contributed by atoms with Crippen LogP contribution < -0.4 is 15.9 Å². The maximum absolute atomic E-state index is 7.45. The van der Waals surface area contributed by atoms with Crippen molar-refractivity contribution < 1.29 is 17.8 Å². The average Bonchev–Trinajstić information content (AvgIpc) is 2.57. The summed E-state index contributed by atoms with van der Waals surface area (Å²) in [5, 5.41) is 3.44. The van der Waals surface area contributed by atoms with Gasteiger partial charge in [0.05, 0.1) is 0 Å². The van der Waals surface area contributed by atoms with Gasteiger partial charge in [-0.05, 0) is 0 Å². The van der Waals surface area contributed by atoms with E-state index in [0.29, 0.717) is 0 Å². The van der Waals surface area contributed by atoms with Crippen LogP contribution in [0.2, 0.25) is 0 Å². The number of rotatable bonds is 3. The molecule has 0 atom stereocenters. The molecular formula is C18H15ClPRh. The van der Waals surface area contributed by atoms with Gasteiger partial charge < -0.3 is 0 Å². The van der Waals surface area contributed by atoms with Gasteiger partial charge in [0.2, 0.25) is 0 Å². The van der Waals surface area contributed by atoms with Gasteiger partial charge >= 0.3 is 140 Å². The molecule has 3 aromatic carbocycles. The molecule has 3 heteroatoms. The topological polar surface area (TPSA) is 0 Å². The van der Waals surface area contributed by atoms with Crippen molar-refractivity contribution in [1.82, 2.24) is 0 Å². The molecule has 0 aliphatic rings. The normalized spacial score (nSPS) is 13.4. The van der Waals surface area contributed by atoms with E-state index in [1.807, 2.05) is 54.6 Å². The molecule has 0 fully saturated rings. The van der Waals surface area contributed by atoms with Crippen molar-refractivity contribution in [3.63, 3.8) is 0 Å². The van der Waals surface area contributed by atoms with Gasteiger partial charge in [0, 0.05) is 0 Å². The van der Waals surface area contributed by atoms with E-state index in [4.69, 9.17) is 11.2 Å². The summed E-state index contributed by atoms with van der Waals surface area (Å²) in [4.78, 5) is 0. The van der Waals surface area contributed by atoms with Gasteiger partial charge in [-0.3, -0.25) is 0 Å². The molecule has 0 nitrogen and oxygen atoms in total. The van der Waals surface area contributed by atoms with Crippen LogP contribution in [0.5, 0.6) is 0 Å². The van der Waals surface area contributed by atoms with E-state index in [1.54, 1.807) is 0 Å². The molecule has 0 amide bonds. The SMILES string of the molecule is Cl[P]([Rh])(c1ccccc1)(c1ccccc1)c1ccccc1. The monoisotopic (exact) mass is 400 g/mol. The Labute approximate surface area is 140 Å². The zero-order valence-electron chi connectivity index (χ0n) is 11.3. The molecule has 3 aromatic rings. The summed E-state index contributed by atoms with van der Waals surface area (Å²) in [5.41, 5.74) is 0. The molecule has 108 valence electrons. The number of hydrogen-bond donors (Lipinski definition) is 0. The Morgan fingerprint density at radius 1 is 0.524 bits per heavy atom. The standard InChI is InChI=1S/C18H15ClP.Rh/c19-20(16-10-4-1-5-11-16,17-12-6-2-7-13-17)18-14-8-3-9-15-18;/h1-15H;/q+1;-1. The van der Waals surface area contributed by atoms with E-state index in [-0.39, 0.29) is 0 Å². The fourth-order valence-electron chi connectivity index (χ4n) is 2.50. The van der Waals surface area contributed by atoms with Gasteiger partial charge in [0.1, 0.15) is 0 Å². The Bertz CT molecular complexity index is 624. The first-order valence-electron chi connectivity index (χ1n) is 6.72. The van der Waals surface area contributed by atoms with Gasteiger partial charge in [0.15, 0.2) is 0 Å². The summed E-state index contributed by atoms with van der Waals surface area (Å²) in [6, 6.07) is 31.0. The summed E-state index contributed by atoms with van der Waals surface area (Å²) in [6.07, 6.45) is 0. The Balaban J connectivity index is 2.36. The van der Waals surface area contributed by atoms with Crippen LogP contribution in [0.3, 0.4) is 0 Å². The minimum absolute atomic E-state index is 1.15. The van der Waals surface area contributed by atoms with E-state index in [2.05, 4.69) is 54.2 Å². The zero-order valence-corrected chi connectivity index (χ0v) is 14.6. The second-order valence-electron chi connectivity index (χ2n) is 4.88. The van der Waals surface area contributed by atoms with E-state index in [1.165, 1.54) is 0 Å². The second kappa shape index (κ2) is 5.65. The van der Waals surface area contributed by atoms with E-state index in [9.17, 15) is 0 Å². The number of hydrogen-bond acceptors (Lipinski definition) is 0. The van der Waals surface area contributed by atoms with Gasteiger partial charge in [-0.15, -0.1) is 0 Å². The number of benzene rings is 3. The molecule has 0 N–H and O–H groups in total. The predicted molar refractivity (Wildman–Crippen MR) is 91.0 cm³/mol. The third-order valence-electron chi connectivity index (χ3n) is 3.59. The third kappa shape index (κ3) is 2.49. The van der Waals surface area contributed by atoms with Crippen LogP contribution in [-0.2, 0) is 17.8 Å². The van der Waals surface area contributed by atoms with Crippen molar-refractivity contribution in [3.05, 3.63) is 91.0 Å². The zero-order chi connectivity index (χ0) is 14.8. The molecule has 0 saturated heterocycles. The first-order valence-corrected chi connectivity index (χ1v) is 11.9. The van der Waals surface area contributed by atoms with Gasteiger partial charge in [-0.1, -0.05) is 0 Å². The quantitative estimate of drug-likeness (QED) is 0.458. The Morgan fingerprint density at radius 3 is 1.00 bits per heavy atom. The molecule has 0 spiro atoms. The number of halogens is 1.